The second kappa shape index (κ2) is 7.84. The van der Waals surface area contributed by atoms with Crippen LogP contribution < -0.4 is 5.32 Å². The summed E-state index contributed by atoms with van der Waals surface area (Å²) < 4.78 is 31.9. The van der Waals surface area contributed by atoms with Crippen LogP contribution in [0.3, 0.4) is 0 Å². The van der Waals surface area contributed by atoms with E-state index in [0.29, 0.717) is 12.2 Å². The lowest BCUT2D eigenvalue weighted by Gasteiger charge is -2.32. The minimum absolute atomic E-state index is 0.0131. The maximum atomic E-state index is 13.6. The van der Waals surface area contributed by atoms with Gasteiger partial charge >= 0.3 is 0 Å². The number of hydrogen-bond donors (Lipinski definition) is 1. The number of ether oxygens (including phenoxy) is 1. The zero-order valence-corrected chi connectivity index (χ0v) is 13.8. The minimum atomic E-state index is -0.863. The molecule has 4 nitrogen and oxygen atoms in total. The van der Waals surface area contributed by atoms with Crippen molar-refractivity contribution in [1.29, 1.82) is 0 Å². The Bertz CT molecular complexity index is 551. The van der Waals surface area contributed by atoms with Crippen LogP contribution in [-0.2, 0) is 9.53 Å². The summed E-state index contributed by atoms with van der Waals surface area (Å²) in [5.41, 5.74) is 0.678. The molecule has 0 aromatic heterocycles. The highest BCUT2D eigenvalue weighted by Crippen LogP contribution is 2.34. The predicted octanol–water partition coefficient (Wildman–Crippen LogP) is 2.64. The summed E-state index contributed by atoms with van der Waals surface area (Å²) in [5, 5.41) is 2.96. The fourth-order valence-corrected chi connectivity index (χ4v) is 3.11. The molecular weight excluding hydrogens is 302 g/mol. The number of carbonyl (C=O) groups excluding carboxylic acids is 1. The molecule has 1 aliphatic heterocycles. The molecule has 2 atom stereocenters. The molecule has 0 unspecified atom stereocenters. The maximum Gasteiger partial charge on any atom is 0.246 e. The Hall–Kier alpha value is -1.53. The number of halogens is 2. The molecule has 6 heteroatoms. The standard InChI is InChI=1S/C17H24F2N2O2/c1-4-23-10-16(22)20-15-7-8-21(11(2)3)17(15)12-5-6-13(18)14(19)9-12/h5-6,9,11,15,17H,4,7-8,10H2,1-3H3,(H,20,22)/t15-,17+/m0/s1. The lowest BCUT2D eigenvalue weighted by molar-refractivity contribution is -0.126. The van der Waals surface area contributed by atoms with Gasteiger partial charge in [0.2, 0.25) is 5.91 Å². The van der Waals surface area contributed by atoms with Gasteiger partial charge in [0.1, 0.15) is 6.61 Å². The van der Waals surface area contributed by atoms with E-state index in [2.05, 4.69) is 24.1 Å². The van der Waals surface area contributed by atoms with Crippen molar-refractivity contribution in [1.82, 2.24) is 10.2 Å². The van der Waals surface area contributed by atoms with E-state index in [1.54, 1.807) is 6.07 Å². The second-order valence-electron chi connectivity index (χ2n) is 6.05. The van der Waals surface area contributed by atoms with E-state index >= 15 is 0 Å². The summed E-state index contributed by atoms with van der Waals surface area (Å²) in [6.45, 7) is 7.21. The van der Waals surface area contributed by atoms with E-state index in [0.717, 1.165) is 19.0 Å². The summed E-state index contributed by atoms with van der Waals surface area (Å²) in [6, 6.07) is 3.88. The van der Waals surface area contributed by atoms with Gasteiger partial charge in [-0.1, -0.05) is 6.07 Å². The largest absolute Gasteiger partial charge is 0.372 e. The van der Waals surface area contributed by atoms with Crippen LogP contribution in [0.5, 0.6) is 0 Å². The number of nitrogens with one attached hydrogen (secondary N) is 1. The Labute approximate surface area is 135 Å². The van der Waals surface area contributed by atoms with Crippen molar-refractivity contribution in [2.45, 2.75) is 45.3 Å². The van der Waals surface area contributed by atoms with Crippen LogP contribution in [0.2, 0.25) is 0 Å². The molecule has 0 saturated carbocycles. The molecule has 1 heterocycles. The molecule has 0 bridgehead atoms. The summed E-state index contributed by atoms with van der Waals surface area (Å²) in [6.07, 6.45) is 0.764. The van der Waals surface area contributed by atoms with Crippen molar-refractivity contribution in [3.8, 4) is 0 Å². The van der Waals surface area contributed by atoms with Gasteiger partial charge in [-0.15, -0.1) is 0 Å². The average molecular weight is 326 g/mol. The van der Waals surface area contributed by atoms with Gasteiger partial charge in [0, 0.05) is 25.2 Å². The van der Waals surface area contributed by atoms with Crippen molar-refractivity contribution in [3.63, 3.8) is 0 Å². The van der Waals surface area contributed by atoms with Crippen LogP contribution >= 0.6 is 0 Å². The SMILES string of the molecule is CCOCC(=O)N[C@H]1CCN(C(C)C)[C@@H]1c1ccc(F)c(F)c1. The number of rotatable bonds is 6. The topological polar surface area (TPSA) is 41.6 Å². The molecule has 1 aromatic carbocycles. The van der Waals surface area contributed by atoms with Crippen molar-refractivity contribution in [3.05, 3.63) is 35.4 Å². The fourth-order valence-electron chi connectivity index (χ4n) is 3.11. The summed E-state index contributed by atoms with van der Waals surface area (Å²) in [5.74, 6) is -1.91. The first-order valence-corrected chi connectivity index (χ1v) is 8.01. The van der Waals surface area contributed by atoms with Gasteiger partial charge in [-0.05, 0) is 44.9 Å². The normalized spacial score (nSPS) is 21.8. The van der Waals surface area contributed by atoms with E-state index in [4.69, 9.17) is 4.74 Å². The lowest BCUT2D eigenvalue weighted by Crippen LogP contribution is -2.42. The molecule has 1 aliphatic rings. The number of benzene rings is 1. The Kier molecular flexibility index (Phi) is 6.07. The van der Waals surface area contributed by atoms with Crippen molar-refractivity contribution >= 4 is 5.91 Å². The molecule has 23 heavy (non-hydrogen) atoms. The molecule has 0 radical (unpaired) electrons. The molecule has 1 fully saturated rings. The van der Waals surface area contributed by atoms with Gasteiger partial charge in [-0.3, -0.25) is 9.69 Å². The van der Waals surface area contributed by atoms with Gasteiger partial charge in [0.15, 0.2) is 11.6 Å². The minimum Gasteiger partial charge on any atom is -0.372 e. The van der Waals surface area contributed by atoms with Crippen LogP contribution in [-0.4, -0.2) is 42.6 Å². The third-order valence-corrected chi connectivity index (χ3v) is 4.17. The molecule has 2 rings (SSSR count). The smallest absolute Gasteiger partial charge is 0.246 e. The van der Waals surface area contributed by atoms with Crippen LogP contribution in [0.15, 0.2) is 18.2 Å². The zero-order chi connectivity index (χ0) is 17.0. The first kappa shape index (κ1) is 17.8. The number of amides is 1. The highest BCUT2D eigenvalue weighted by Gasteiger charge is 2.37. The van der Waals surface area contributed by atoms with Crippen LogP contribution in [0.1, 0.15) is 38.8 Å². The Balaban J connectivity index is 2.20. The summed E-state index contributed by atoms with van der Waals surface area (Å²) >= 11 is 0. The van der Waals surface area contributed by atoms with Gasteiger partial charge in [0.25, 0.3) is 0 Å². The van der Waals surface area contributed by atoms with Crippen molar-refractivity contribution in [2.24, 2.45) is 0 Å². The average Bonchev–Trinajstić information content (AvgIpc) is 2.91. The van der Waals surface area contributed by atoms with E-state index in [9.17, 15) is 13.6 Å². The Morgan fingerprint density at radius 2 is 2.13 bits per heavy atom. The molecule has 1 aromatic rings. The number of carbonyl (C=O) groups is 1. The Morgan fingerprint density at radius 3 is 2.74 bits per heavy atom. The second-order valence-corrected chi connectivity index (χ2v) is 6.05. The zero-order valence-electron chi connectivity index (χ0n) is 13.8. The molecule has 0 aliphatic carbocycles. The van der Waals surface area contributed by atoms with E-state index < -0.39 is 11.6 Å². The molecule has 128 valence electrons. The fraction of sp³-hybridized carbons (Fsp3) is 0.588. The number of hydrogen-bond acceptors (Lipinski definition) is 3. The van der Waals surface area contributed by atoms with Crippen molar-refractivity contribution < 1.29 is 18.3 Å². The van der Waals surface area contributed by atoms with E-state index in [1.807, 2.05) is 6.92 Å². The molecular formula is C17H24F2N2O2. The van der Waals surface area contributed by atoms with Gasteiger partial charge in [-0.2, -0.15) is 0 Å². The molecule has 1 N–H and O–H groups in total. The first-order chi connectivity index (χ1) is 10.9. The molecule has 1 amide bonds. The third-order valence-electron chi connectivity index (χ3n) is 4.17. The van der Waals surface area contributed by atoms with Crippen LogP contribution in [0.4, 0.5) is 8.78 Å². The summed E-state index contributed by atoms with van der Waals surface area (Å²) in [7, 11) is 0. The molecule has 1 saturated heterocycles. The van der Waals surface area contributed by atoms with Crippen LogP contribution in [0.25, 0.3) is 0 Å². The lowest BCUT2D eigenvalue weighted by atomic mass is 9.99. The first-order valence-electron chi connectivity index (χ1n) is 8.01. The third kappa shape index (κ3) is 4.26. The predicted molar refractivity (Wildman–Crippen MR) is 84.0 cm³/mol. The Morgan fingerprint density at radius 1 is 1.39 bits per heavy atom. The number of likely N-dealkylation sites (tertiary alicyclic amines) is 1. The highest BCUT2D eigenvalue weighted by atomic mass is 19.2. The van der Waals surface area contributed by atoms with Crippen LogP contribution in [0, 0.1) is 11.6 Å². The van der Waals surface area contributed by atoms with E-state index in [1.165, 1.54) is 6.07 Å². The number of nitrogens with zero attached hydrogens (tertiary/aromatic N) is 1. The maximum absolute atomic E-state index is 13.6. The van der Waals surface area contributed by atoms with Gasteiger partial charge in [0.05, 0.1) is 6.04 Å². The van der Waals surface area contributed by atoms with E-state index in [-0.39, 0.29) is 30.6 Å². The van der Waals surface area contributed by atoms with Gasteiger partial charge in [-0.25, -0.2) is 8.78 Å². The highest BCUT2D eigenvalue weighted by molar-refractivity contribution is 5.77. The van der Waals surface area contributed by atoms with Gasteiger partial charge < -0.3 is 10.1 Å². The monoisotopic (exact) mass is 326 g/mol. The summed E-state index contributed by atoms with van der Waals surface area (Å²) in [4.78, 5) is 14.1. The molecule has 0 spiro atoms. The quantitative estimate of drug-likeness (QED) is 0.874. The van der Waals surface area contributed by atoms with Crippen molar-refractivity contribution in [2.75, 3.05) is 19.8 Å².